The number of para-hydroxylation sites is 1. The number of hydrogen-bond donors (Lipinski definition) is 5. The van der Waals surface area contributed by atoms with Gasteiger partial charge in [-0.05, 0) is 18.2 Å². The summed E-state index contributed by atoms with van der Waals surface area (Å²) in [5, 5.41) is 35.9. The number of rotatable bonds is 3. The Balaban J connectivity index is 0.000000285. The molecule has 2 aromatic carbocycles. The first-order chi connectivity index (χ1) is 14.9. The number of piperazine rings is 1. The molecular weight excluding hydrogens is 438 g/mol. The second kappa shape index (κ2) is 11.6. The molecule has 4 rings (SSSR count). The van der Waals surface area contributed by atoms with Crippen LogP contribution in [0.3, 0.4) is 0 Å². The number of amidine groups is 1. The minimum atomic E-state index is -2.27. The average molecular weight is 464 g/mol. The van der Waals surface area contributed by atoms with Crippen molar-refractivity contribution in [3.05, 3.63) is 54.1 Å². The summed E-state index contributed by atoms with van der Waals surface area (Å²) in [5.74, 6) is -2.42. The lowest BCUT2D eigenvalue weighted by molar-refractivity contribution is -0.165. The number of carbonyl (C=O) groups is 2. The number of aliphatic hydroxyl groups excluding tert-OH is 2. The van der Waals surface area contributed by atoms with Crippen LogP contribution in [0.2, 0.25) is 0 Å². The predicted molar refractivity (Wildman–Crippen MR) is 119 cm³/mol. The predicted octanol–water partition coefficient (Wildman–Crippen LogP) is 0.187. The average Bonchev–Trinajstić information content (AvgIpc) is 2.95. The summed E-state index contributed by atoms with van der Waals surface area (Å²) >= 11 is 1.81. The number of nitrogens with zero attached hydrogens (tertiary/aromatic N) is 2. The normalized spacial score (nSPS) is 16.4. The van der Waals surface area contributed by atoms with Crippen molar-refractivity contribution < 1.29 is 35.5 Å². The summed E-state index contributed by atoms with van der Waals surface area (Å²) in [5.41, 5.74) is 2.33. The number of aliphatic carboxylic acids is 2. The Bertz CT molecular complexity index is 961. The van der Waals surface area contributed by atoms with E-state index in [-0.39, 0.29) is 5.48 Å². The van der Waals surface area contributed by atoms with E-state index >= 15 is 0 Å². The Labute approximate surface area is 188 Å². The fourth-order valence-electron chi connectivity index (χ4n) is 3.06. The topological polar surface area (TPSA) is 174 Å². The molecule has 0 amide bonds. The van der Waals surface area contributed by atoms with E-state index in [1.54, 1.807) is 0 Å². The van der Waals surface area contributed by atoms with Crippen molar-refractivity contribution in [3.8, 4) is 0 Å². The van der Waals surface area contributed by atoms with E-state index in [0.717, 1.165) is 37.7 Å². The van der Waals surface area contributed by atoms with Crippen molar-refractivity contribution in [1.29, 1.82) is 0 Å². The third kappa shape index (κ3) is 6.05. The highest BCUT2D eigenvalue weighted by molar-refractivity contribution is 7.99. The SMILES string of the molecule is O.O=C(O)[C@H](O)[C@@H](O)C(=O)O.c1ccc2c(c1)N=C(N1CCNCC1)c1ccccc1S2. The van der Waals surface area contributed by atoms with Gasteiger partial charge in [0.15, 0.2) is 12.2 Å². The van der Waals surface area contributed by atoms with Crippen LogP contribution in [-0.4, -0.2) is 87.0 Å². The molecular formula is C21H25N3O7S. The highest BCUT2D eigenvalue weighted by atomic mass is 32.2. The Morgan fingerprint density at radius 3 is 2.03 bits per heavy atom. The maximum Gasteiger partial charge on any atom is 0.335 e. The zero-order chi connectivity index (χ0) is 22.4. The van der Waals surface area contributed by atoms with Gasteiger partial charge in [-0.25, -0.2) is 14.6 Å². The summed E-state index contributed by atoms with van der Waals surface area (Å²) < 4.78 is 0. The highest BCUT2D eigenvalue weighted by Crippen LogP contribution is 2.40. The Morgan fingerprint density at radius 1 is 0.906 bits per heavy atom. The van der Waals surface area contributed by atoms with Gasteiger partial charge in [-0.1, -0.05) is 42.1 Å². The number of benzene rings is 2. The molecule has 2 heterocycles. The first-order valence-electron chi connectivity index (χ1n) is 9.61. The van der Waals surface area contributed by atoms with Crippen molar-refractivity contribution >= 4 is 35.2 Å². The number of carboxylic acids is 2. The van der Waals surface area contributed by atoms with Crippen LogP contribution in [0.25, 0.3) is 0 Å². The third-order valence-corrected chi connectivity index (χ3v) is 5.80. The molecule has 10 nitrogen and oxygen atoms in total. The minimum Gasteiger partial charge on any atom is -0.479 e. The monoisotopic (exact) mass is 463 g/mol. The maximum atomic E-state index is 9.77. The van der Waals surface area contributed by atoms with Crippen LogP contribution < -0.4 is 5.32 Å². The van der Waals surface area contributed by atoms with Gasteiger partial charge in [0.1, 0.15) is 5.84 Å². The summed E-state index contributed by atoms with van der Waals surface area (Å²) in [7, 11) is 0. The fraction of sp³-hybridized carbons (Fsp3) is 0.286. The first-order valence-corrected chi connectivity index (χ1v) is 10.4. The van der Waals surface area contributed by atoms with Gasteiger partial charge in [0, 0.05) is 41.5 Å². The second-order valence-electron chi connectivity index (χ2n) is 6.80. The highest BCUT2D eigenvalue weighted by Gasteiger charge is 2.29. The van der Waals surface area contributed by atoms with Gasteiger partial charge < -0.3 is 36.1 Å². The van der Waals surface area contributed by atoms with Crippen LogP contribution >= 0.6 is 11.8 Å². The molecule has 2 aliphatic rings. The number of nitrogens with one attached hydrogen (secondary N) is 1. The third-order valence-electron chi connectivity index (χ3n) is 4.66. The lowest BCUT2D eigenvalue weighted by Crippen LogP contribution is -2.46. The molecule has 2 atom stereocenters. The standard InChI is InChI=1S/C17H17N3S.C4H6O6.H2O/c1-3-7-15-13(5-1)17(20-11-9-18-10-12-20)19-14-6-2-4-8-16(14)21-15;5-1(3(7)8)2(6)4(9)10;/h1-8,18H,9-12H2;1-2,5-6H,(H,7,8)(H,9,10);1H2/t;1-,2-;/m.1./s1. The fourth-order valence-corrected chi connectivity index (χ4v) is 4.07. The lowest BCUT2D eigenvalue weighted by atomic mass is 10.1. The minimum absolute atomic E-state index is 0. The van der Waals surface area contributed by atoms with E-state index in [4.69, 9.17) is 25.4 Å². The smallest absolute Gasteiger partial charge is 0.335 e. The number of hydrogen-bond acceptors (Lipinski definition) is 8. The van der Waals surface area contributed by atoms with Gasteiger partial charge in [0.05, 0.1) is 5.69 Å². The van der Waals surface area contributed by atoms with Crippen molar-refractivity contribution in [2.75, 3.05) is 26.2 Å². The van der Waals surface area contributed by atoms with E-state index in [2.05, 4.69) is 58.7 Å². The largest absolute Gasteiger partial charge is 0.479 e. The molecule has 0 radical (unpaired) electrons. The number of carboxylic acid groups (broad SMARTS) is 2. The molecule has 0 aromatic heterocycles. The molecule has 0 unspecified atom stereocenters. The van der Waals surface area contributed by atoms with E-state index in [1.807, 2.05) is 11.8 Å². The van der Waals surface area contributed by atoms with E-state index in [9.17, 15) is 9.59 Å². The second-order valence-corrected chi connectivity index (χ2v) is 7.89. The van der Waals surface area contributed by atoms with Crippen molar-refractivity contribution in [3.63, 3.8) is 0 Å². The van der Waals surface area contributed by atoms with Gasteiger partial charge in [-0.15, -0.1) is 0 Å². The zero-order valence-electron chi connectivity index (χ0n) is 17.0. The molecule has 0 saturated carbocycles. The molecule has 11 heteroatoms. The van der Waals surface area contributed by atoms with Crippen LogP contribution in [0.15, 0.2) is 63.3 Å². The molecule has 32 heavy (non-hydrogen) atoms. The molecule has 2 aliphatic heterocycles. The number of aliphatic imine (C=N–C) groups is 1. The quantitative estimate of drug-likeness (QED) is 0.425. The van der Waals surface area contributed by atoms with Gasteiger partial charge in [-0.3, -0.25) is 0 Å². The summed E-state index contributed by atoms with van der Waals surface area (Å²) in [6, 6.07) is 17.0. The van der Waals surface area contributed by atoms with Crippen LogP contribution in [0.1, 0.15) is 5.56 Å². The Morgan fingerprint density at radius 2 is 1.44 bits per heavy atom. The molecule has 1 fully saturated rings. The zero-order valence-corrected chi connectivity index (χ0v) is 17.8. The van der Waals surface area contributed by atoms with Crippen molar-refractivity contribution in [2.24, 2.45) is 4.99 Å². The van der Waals surface area contributed by atoms with E-state index < -0.39 is 24.1 Å². The van der Waals surface area contributed by atoms with Gasteiger partial charge in [-0.2, -0.15) is 0 Å². The maximum absolute atomic E-state index is 9.77. The summed E-state index contributed by atoms with van der Waals surface area (Å²) in [6.07, 6.45) is -4.53. The molecule has 2 aromatic rings. The van der Waals surface area contributed by atoms with Gasteiger partial charge >= 0.3 is 11.9 Å². The van der Waals surface area contributed by atoms with Crippen LogP contribution in [-0.2, 0) is 9.59 Å². The number of aliphatic hydroxyl groups is 2. The lowest BCUT2D eigenvalue weighted by Gasteiger charge is -2.30. The van der Waals surface area contributed by atoms with Gasteiger partial charge in [0.25, 0.3) is 0 Å². The summed E-state index contributed by atoms with van der Waals surface area (Å²) in [4.78, 5) is 29.5. The van der Waals surface area contributed by atoms with E-state index in [1.165, 1.54) is 15.4 Å². The van der Waals surface area contributed by atoms with Crippen LogP contribution in [0.5, 0.6) is 0 Å². The van der Waals surface area contributed by atoms with Crippen molar-refractivity contribution in [2.45, 2.75) is 22.0 Å². The number of fused-ring (bicyclic) bond motifs is 2. The summed E-state index contributed by atoms with van der Waals surface area (Å²) in [6.45, 7) is 4.08. The van der Waals surface area contributed by atoms with Crippen LogP contribution in [0, 0.1) is 0 Å². The molecule has 0 aliphatic carbocycles. The molecule has 1 saturated heterocycles. The van der Waals surface area contributed by atoms with Gasteiger partial charge in [0.2, 0.25) is 0 Å². The molecule has 7 N–H and O–H groups in total. The Hall–Kier alpha value is -2.96. The first kappa shape index (κ1) is 25.3. The van der Waals surface area contributed by atoms with Crippen LogP contribution in [0.4, 0.5) is 5.69 Å². The van der Waals surface area contributed by atoms with Crippen molar-refractivity contribution in [1.82, 2.24) is 10.2 Å². The Kier molecular flexibility index (Phi) is 9.17. The molecule has 0 bridgehead atoms. The molecule has 172 valence electrons. The molecule has 0 spiro atoms. The van der Waals surface area contributed by atoms with E-state index in [0.29, 0.717) is 0 Å².